The molecule has 2 fully saturated rings. The monoisotopic (exact) mass is 454 g/mol. The second-order valence-electron chi connectivity index (χ2n) is 9.20. The van der Waals surface area contributed by atoms with E-state index in [-0.39, 0.29) is 29.2 Å². The fourth-order valence-corrected chi connectivity index (χ4v) is 6.23. The molecule has 0 spiro atoms. The van der Waals surface area contributed by atoms with Crippen molar-refractivity contribution in [3.63, 3.8) is 0 Å². The molecule has 2 N–H and O–H groups in total. The van der Waals surface area contributed by atoms with Crippen LogP contribution in [0.15, 0.2) is 53.4 Å². The molecule has 7 heteroatoms. The van der Waals surface area contributed by atoms with E-state index in [1.54, 1.807) is 24.3 Å². The number of Topliss-reactive ketones (excluding diaryl/α,β-unsaturated/α-hetero) is 1. The van der Waals surface area contributed by atoms with Crippen LogP contribution in [-0.2, 0) is 16.6 Å². The van der Waals surface area contributed by atoms with E-state index in [0.717, 1.165) is 17.4 Å². The summed E-state index contributed by atoms with van der Waals surface area (Å²) >= 11 is 0. The molecule has 2 aromatic carbocycles. The van der Waals surface area contributed by atoms with E-state index >= 15 is 0 Å². The Hall–Kier alpha value is -2.51. The van der Waals surface area contributed by atoms with Crippen molar-refractivity contribution in [3.05, 3.63) is 65.2 Å². The maximum absolute atomic E-state index is 12.7. The lowest BCUT2D eigenvalue weighted by atomic mass is 9.84. The quantitative estimate of drug-likeness (QED) is 0.591. The van der Waals surface area contributed by atoms with Gasteiger partial charge in [-0.2, -0.15) is 0 Å². The Labute approximate surface area is 189 Å². The lowest BCUT2D eigenvalue weighted by Crippen LogP contribution is -2.40. The Morgan fingerprint density at radius 3 is 2.19 bits per heavy atom. The van der Waals surface area contributed by atoms with Gasteiger partial charge >= 0.3 is 0 Å². The molecule has 4 rings (SSSR count). The maximum atomic E-state index is 12.7. The minimum absolute atomic E-state index is 0.0852. The zero-order valence-electron chi connectivity index (χ0n) is 18.5. The van der Waals surface area contributed by atoms with Gasteiger partial charge in [0, 0.05) is 23.7 Å². The summed E-state index contributed by atoms with van der Waals surface area (Å²) in [5.41, 5.74) is 1.80. The molecule has 0 radical (unpaired) electrons. The van der Waals surface area contributed by atoms with Gasteiger partial charge in [-0.05, 0) is 80.7 Å². The van der Waals surface area contributed by atoms with E-state index in [9.17, 15) is 18.0 Å². The number of fused-ring (bicyclic) bond motifs is 2. The normalized spacial score (nSPS) is 23.1. The van der Waals surface area contributed by atoms with Gasteiger partial charge in [0.15, 0.2) is 5.78 Å². The van der Waals surface area contributed by atoms with Gasteiger partial charge in [-0.3, -0.25) is 9.59 Å². The van der Waals surface area contributed by atoms with Gasteiger partial charge in [0.2, 0.25) is 10.0 Å². The molecule has 2 bridgehead atoms. The van der Waals surface area contributed by atoms with Crippen LogP contribution in [0.25, 0.3) is 0 Å². The molecule has 170 valence electrons. The molecule has 4 unspecified atom stereocenters. The highest BCUT2D eigenvalue weighted by molar-refractivity contribution is 7.89. The van der Waals surface area contributed by atoms with Gasteiger partial charge < -0.3 is 5.32 Å². The number of nitrogens with one attached hydrogen (secondary N) is 2. The molecular formula is C25H30N2O4S. The molecule has 0 aliphatic heterocycles. The van der Waals surface area contributed by atoms with Crippen molar-refractivity contribution in [1.29, 1.82) is 0 Å². The third-order valence-corrected chi connectivity index (χ3v) is 8.46. The van der Waals surface area contributed by atoms with Gasteiger partial charge in [-0.25, -0.2) is 13.1 Å². The molecule has 1 amide bonds. The van der Waals surface area contributed by atoms with Crippen LogP contribution in [-0.4, -0.2) is 26.2 Å². The van der Waals surface area contributed by atoms with Crippen molar-refractivity contribution in [2.45, 2.75) is 57.0 Å². The van der Waals surface area contributed by atoms with Gasteiger partial charge in [-0.1, -0.05) is 30.7 Å². The number of hydrogen-bond donors (Lipinski definition) is 2. The van der Waals surface area contributed by atoms with Crippen LogP contribution in [0.2, 0.25) is 0 Å². The van der Waals surface area contributed by atoms with Gasteiger partial charge in [0.05, 0.1) is 4.90 Å². The van der Waals surface area contributed by atoms with E-state index in [0.29, 0.717) is 17.0 Å². The summed E-state index contributed by atoms with van der Waals surface area (Å²) in [4.78, 5) is 24.1. The van der Waals surface area contributed by atoms with Gasteiger partial charge in [-0.15, -0.1) is 0 Å². The van der Waals surface area contributed by atoms with Crippen LogP contribution in [0.4, 0.5) is 0 Å². The Morgan fingerprint density at radius 2 is 1.62 bits per heavy atom. The molecule has 2 aliphatic rings. The van der Waals surface area contributed by atoms with Crippen molar-refractivity contribution >= 4 is 21.7 Å². The minimum atomic E-state index is -3.70. The lowest BCUT2D eigenvalue weighted by molar-refractivity contribution is 0.0914. The molecule has 2 aromatic rings. The first-order chi connectivity index (χ1) is 15.2. The van der Waals surface area contributed by atoms with Gasteiger partial charge in [0.1, 0.15) is 0 Å². The summed E-state index contributed by atoms with van der Waals surface area (Å²) in [5, 5.41) is 3.16. The minimum Gasteiger partial charge on any atom is -0.349 e. The fourth-order valence-electron chi connectivity index (χ4n) is 5.21. The number of ketones is 1. The molecule has 0 saturated heterocycles. The number of amides is 1. The predicted molar refractivity (Wildman–Crippen MR) is 123 cm³/mol. The van der Waals surface area contributed by atoms with Crippen molar-refractivity contribution in [2.24, 2.45) is 17.8 Å². The third-order valence-electron chi connectivity index (χ3n) is 7.05. The summed E-state index contributed by atoms with van der Waals surface area (Å²) < 4.78 is 27.6. The second-order valence-corrected chi connectivity index (χ2v) is 11.0. The Bertz CT molecular complexity index is 1090. The summed E-state index contributed by atoms with van der Waals surface area (Å²) in [5.74, 6) is 1.98. The lowest BCUT2D eigenvalue weighted by Gasteiger charge is -2.28. The van der Waals surface area contributed by atoms with E-state index in [2.05, 4.69) is 17.0 Å². The summed E-state index contributed by atoms with van der Waals surface area (Å²) in [6.45, 7) is 3.65. The molecule has 4 atom stereocenters. The highest BCUT2D eigenvalue weighted by Gasteiger charge is 2.42. The number of benzene rings is 2. The van der Waals surface area contributed by atoms with Crippen LogP contribution >= 0.6 is 0 Å². The van der Waals surface area contributed by atoms with E-state index in [1.165, 1.54) is 56.9 Å². The highest BCUT2D eigenvalue weighted by atomic mass is 32.2. The smallest absolute Gasteiger partial charge is 0.251 e. The Balaban J connectivity index is 1.32. The molecule has 0 aromatic heterocycles. The van der Waals surface area contributed by atoms with Crippen LogP contribution in [0, 0.1) is 17.8 Å². The highest BCUT2D eigenvalue weighted by Crippen LogP contribution is 2.49. The first kappa shape index (κ1) is 22.7. The average Bonchev–Trinajstić information content (AvgIpc) is 3.42. The molecule has 2 saturated carbocycles. The third kappa shape index (κ3) is 4.94. The first-order valence-corrected chi connectivity index (χ1v) is 12.7. The van der Waals surface area contributed by atoms with Crippen molar-refractivity contribution in [2.75, 3.05) is 0 Å². The fraction of sp³-hybridized carbons (Fsp3) is 0.440. The molecule has 0 heterocycles. The largest absolute Gasteiger partial charge is 0.349 e. The maximum Gasteiger partial charge on any atom is 0.251 e. The number of hydrogen-bond acceptors (Lipinski definition) is 4. The molecule has 6 nitrogen and oxygen atoms in total. The zero-order chi connectivity index (χ0) is 22.9. The standard InChI is InChI=1S/C25H30N2O4S/c1-16(24-14-19-5-8-22(24)13-19)27-25(29)21-6-3-18(4-7-21)15-26-32(30,31)23-11-9-20(10-12-23)17(2)28/h3-4,6-7,9-12,16,19,22,24,26H,5,8,13-15H2,1-2H3,(H,27,29). The SMILES string of the molecule is CC(=O)c1ccc(S(=O)(=O)NCc2ccc(C(=O)NC(C)C3CC4CCC3C4)cc2)cc1. The number of sulfonamides is 1. The van der Waals surface area contributed by atoms with E-state index in [4.69, 9.17) is 0 Å². The zero-order valence-corrected chi connectivity index (χ0v) is 19.3. The van der Waals surface area contributed by atoms with Crippen molar-refractivity contribution in [3.8, 4) is 0 Å². The first-order valence-electron chi connectivity index (χ1n) is 11.2. The van der Waals surface area contributed by atoms with E-state index < -0.39 is 10.0 Å². The summed E-state index contributed by atoms with van der Waals surface area (Å²) in [7, 11) is -3.70. The predicted octanol–water partition coefficient (Wildman–Crippen LogP) is 3.92. The average molecular weight is 455 g/mol. The number of carbonyl (C=O) groups is 2. The van der Waals surface area contributed by atoms with Crippen LogP contribution in [0.3, 0.4) is 0 Å². The topological polar surface area (TPSA) is 92.3 Å². The number of rotatable bonds is 8. The Kier molecular flexibility index (Phi) is 6.49. The van der Waals surface area contributed by atoms with E-state index in [1.807, 2.05) is 0 Å². The second kappa shape index (κ2) is 9.16. The number of carbonyl (C=O) groups excluding carboxylic acids is 2. The summed E-state index contributed by atoms with van der Waals surface area (Å²) in [6, 6.07) is 13.0. The molecule has 32 heavy (non-hydrogen) atoms. The van der Waals surface area contributed by atoms with Crippen molar-refractivity contribution in [1.82, 2.24) is 10.0 Å². The van der Waals surface area contributed by atoms with Crippen LogP contribution in [0.1, 0.15) is 65.8 Å². The summed E-state index contributed by atoms with van der Waals surface area (Å²) in [6.07, 6.45) is 5.18. The van der Waals surface area contributed by atoms with Crippen LogP contribution in [0.5, 0.6) is 0 Å². The molecular weight excluding hydrogens is 424 g/mol. The van der Waals surface area contributed by atoms with Crippen molar-refractivity contribution < 1.29 is 18.0 Å². The Morgan fingerprint density at radius 1 is 0.969 bits per heavy atom. The van der Waals surface area contributed by atoms with Gasteiger partial charge in [0.25, 0.3) is 5.91 Å². The molecule has 2 aliphatic carbocycles. The van der Waals surface area contributed by atoms with Crippen LogP contribution < -0.4 is 10.0 Å².